The third kappa shape index (κ3) is 5.05. The molecule has 0 aliphatic carbocycles. The van der Waals surface area contributed by atoms with Crippen LogP contribution in [-0.2, 0) is 27.3 Å². The summed E-state index contributed by atoms with van der Waals surface area (Å²) in [7, 11) is 0. The predicted molar refractivity (Wildman–Crippen MR) is 134 cm³/mol. The molecule has 4 rings (SSSR count). The molecule has 3 aromatic rings. The van der Waals surface area contributed by atoms with E-state index in [0.29, 0.717) is 16.6 Å². The van der Waals surface area contributed by atoms with Crippen LogP contribution in [0.3, 0.4) is 0 Å². The minimum Gasteiger partial charge on any atom is -0.325 e. The van der Waals surface area contributed by atoms with Crippen LogP contribution in [0, 0.1) is 0 Å². The van der Waals surface area contributed by atoms with E-state index in [1.807, 2.05) is 60.7 Å². The quantitative estimate of drug-likeness (QED) is 0.433. The van der Waals surface area contributed by atoms with Crippen LogP contribution in [0.4, 0.5) is 5.69 Å². The van der Waals surface area contributed by atoms with E-state index >= 15 is 0 Å². The molecule has 1 fully saturated rings. The summed E-state index contributed by atoms with van der Waals surface area (Å²) in [5.41, 5.74) is 3.22. The van der Waals surface area contributed by atoms with Crippen molar-refractivity contribution in [2.24, 2.45) is 0 Å². The second-order valence-electron chi connectivity index (χ2n) is 8.81. The van der Waals surface area contributed by atoms with Crippen molar-refractivity contribution in [2.75, 3.05) is 4.90 Å². The van der Waals surface area contributed by atoms with Gasteiger partial charge in [-0.25, -0.2) is 4.90 Å². The average molecular weight is 475 g/mol. The van der Waals surface area contributed by atoms with Gasteiger partial charge in [-0.15, -0.1) is 0 Å². The van der Waals surface area contributed by atoms with Gasteiger partial charge in [0.25, 0.3) is 5.91 Å². The topological polar surface area (TPSA) is 57.7 Å². The number of carbonyl (C=O) groups excluding carboxylic acids is 3. The summed E-state index contributed by atoms with van der Waals surface area (Å²) in [5, 5.41) is 0.512. The SMILES string of the molecule is CC(C)c1ccc(N2C(=O)CC(N(Cc3ccccc3Cl)C(=O)Cc3ccccc3)C2=O)cc1. The molecule has 3 amide bonds. The van der Waals surface area contributed by atoms with Crippen LogP contribution >= 0.6 is 11.6 Å². The lowest BCUT2D eigenvalue weighted by Gasteiger charge is -2.28. The fourth-order valence-electron chi connectivity index (χ4n) is 4.19. The highest BCUT2D eigenvalue weighted by Crippen LogP contribution is 2.29. The zero-order chi connectivity index (χ0) is 24.2. The van der Waals surface area contributed by atoms with Gasteiger partial charge in [0, 0.05) is 11.6 Å². The summed E-state index contributed by atoms with van der Waals surface area (Å²) >= 11 is 6.37. The van der Waals surface area contributed by atoms with Crippen molar-refractivity contribution in [1.82, 2.24) is 4.90 Å². The second kappa shape index (κ2) is 10.2. The van der Waals surface area contributed by atoms with Gasteiger partial charge in [0.1, 0.15) is 6.04 Å². The van der Waals surface area contributed by atoms with Crippen molar-refractivity contribution < 1.29 is 14.4 Å². The maximum Gasteiger partial charge on any atom is 0.257 e. The summed E-state index contributed by atoms with van der Waals surface area (Å²) in [5.74, 6) is -0.595. The Hall–Kier alpha value is -3.44. The molecule has 0 aromatic heterocycles. The summed E-state index contributed by atoms with van der Waals surface area (Å²) in [6.45, 7) is 4.32. The molecule has 0 bridgehead atoms. The zero-order valence-corrected chi connectivity index (χ0v) is 20.0. The van der Waals surface area contributed by atoms with Crippen molar-refractivity contribution >= 4 is 35.0 Å². The molecule has 6 heteroatoms. The Balaban J connectivity index is 1.63. The number of anilines is 1. The fourth-order valence-corrected chi connectivity index (χ4v) is 4.39. The molecule has 34 heavy (non-hydrogen) atoms. The normalized spacial score (nSPS) is 15.8. The van der Waals surface area contributed by atoms with Crippen molar-refractivity contribution in [3.05, 3.63) is 101 Å². The van der Waals surface area contributed by atoms with Crippen molar-refractivity contribution in [1.29, 1.82) is 0 Å². The van der Waals surface area contributed by atoms with Gasteiger partial charge in [0.15, 0.2) is 0 Å². The average Bonchev–Trinajstić information content (AvgIpc) is 3.12. The number of hydrogen-bond donors (Lipinski definition) is 0. The Labute approximate surface area is 204 Å². The first kappa shape index (κ1) is 23.7. The Morgan fingerprint density at radius 1 is 0.971 bits per heavy atom. The predicted octanol–water partition coefficient (Wildman–Crippen LogP) is 5.37. The van der Waals surface area contributed by atoms with Crippen LogP contribution in [0.2, 0.25) is 5.02 Å². The molecule has 1 saturated heterocycles. The van der Waals surface area contributed by atoms with Gasteiger partial charge < -0.3 is 4.90 Å². The first-order valence-corrected chi connectivity index (χ1v) is 11.8. The molecule has 3 aromatic carbocycles. The lowest BCUT2D eigenvalue weighted by Crippen LogP contribution is -2.45. The summed E-state index contributed by atoms with van der Waals surface area (Å²) < 4.78 is 0. The first-order valence-electron chi connectivity index (χ1n) is 11.4. The summed E-state index contributed by atoms with van der Waals surface area (Å²) in [4.78, 5) is 42.6. The monoisotopic (exact) mass is 474 g/mol. The molecule has 1 heterocycles. The molecule has 1 atom stereocenters. The number of hydrogen-bond acceptors (Lipinski definition) is 3. The lowest BCUT2D eigenvalue weighted by molar-refractivity contribution is -0.138. The first-order chi connectivity index (χ1) is 16.3. The van der Waals surface area contributed by atoms with Crippen molar-refractivity contribution in [3.8, 4) is 0 Å². The van der Waals surface area contributed by atoms with Crippen molar-refractivity contribution in [2.45, 2.75) is 45.2 Å². The smallest absolute Gasteiger partial charge is 0.257 e. The minimum absolute atomic E-state index is 0.0598. The van der Waals surface area contributed by atoms with Crippen LogP contribution in [0.15, 0.2) is 78.9 Å². The highest BCUT2D eigenvalue weighted by molar-refractivity contribution is 6.31. The van der Waals surface area contributed by atoms with E-state index in [9.17, 15) is 14.4 Å². The molecular weight excluding hydrogens is 448 g/mol. The molecule has 174 valence electrons. The standard InChI is InChI=1S/C28H27ClN2O3/c1-19(2)21-12-14-23(15-13-21)31-27(33)17-25(28(31)34)30(18-22-10-6-7-11-24(22)29)26(32)16-20-8-4-3-5-9-20/h3-15,19,25H,16-18H2,1-2H3. The molecule has 1 aliphatic heterocycles. The fraction of sp³-hybridized carbons (Fsp3) is 0.250. The minimum atomic E-state index is -0.884. The van der Waals surface area contributed by atoms with Crippen LogP contribution in [0.5, 0.6) is 0 Å². The Kier molecular flexibility index (Phi) is 7.13. The van der Waals surface area contributed by atoms with E-state index in [2.05, 4.69) is 13.8 Å². The number of carbonyl (C=O) groups is 3. The third-order valence-electron chi connectivity index (χ3n) is 6.13. The Bertz CT molecular complexity index is 1190. The molecule has 1 unspecified atom stereocenters. The highest BCUT2D eigenvalue weighted by atomic mass is 35.5. The van der Waals surface area contributed by atoms with E-state index in [1.54, 1.807) is 18.2 Å². The number of nitrogens with zero attached hydrogens (tertiary/aromatic N) is 2. The number of imide groups is 1. The van der Waals surface area contributed by atoms with E-state index in [0.717, 1.165) is 16.7 Å². The highest BCUT2D eigenvalue weighted by Gasteiger charge is 2.44. The second-order valence-corrected chi connectivity index (χ2v) is 9.22. The third-order valence-corrected chi connectivity index (χ3v) is 6.50. The molecule has 0 spiro atoms. The van der Waals surface area contributed by atoms with E-state index < -0.39 is 11.9 Å². The van der Waals surface area contributed by atoms with Gasteiger partial charge in [-0.05, 0) is 40.8 Å². The Morgan fingerprint density at radius 3 is 2.26 bits per heavy atom. The maximum atomic E-state index is 13.5. The van der Waals surface area contributed by atoms with E-state index in [4.69, 9.17) is 11.6 Å². The largest absolute Gasteiger partial charge is 0.325 e. The van der Waals surface area contributed by atoms with Crippen LogP contribution in [0.1, 0.15) is 42.9 Å². The molecule has 0 N–H and O–H groups in total. The van der Waals surface area contributed by atoms with Gasteiger partial charge in [-0.3, -0.25) is 14.4 Å². The Morgan fingerprint density at radius 2 is 1.62 bits per heavy atom. The van der Waals surface area contributed by atoms with Gasteiger partial charge in [0.05, 0.1) is 18.5 Å². The zero-order valence-electron chi connectivity index (χ0n) is 19.3. The molecule has 5 nitrogen and oxygen atoms in total. The van der Waals surface area contributed by atoms with Crippen LogP contribution < -0.4 is 4.90 Å². The molecule has 0 radical (unpaired) electrons. The summed E-state index contributed by atoms with van der Waals surface area (Å²) in [6.07, 6.45) is 0.0715. The lowest BCUT2D eigenvalue weighted by atomic mass is 10.0. The number of rotatable bonds is 7. The number of halogens is 1. The van der Waals surface area contributed by atoms with Crippen LogP contribution in [-0.4, -0.2) is 28.7 Å². The van der Waals surface area contributed by atoms with Crippen LogP contribution in [0.25, 0.3) is 0 Å². The molecule has 1 aliphatic rings. The van der Waals surface area contributed by atoms with E-state index in [-0.39, 0.29) is 31.2 Å². The van der Waals surface area contributed by atoms with Gasteiger partial charge in [0.2, 0.25) is 11.8 Å². The van der Waals surface area contributed by atoms with E-state index in [1.165, 1.54) is 9.80 Å². The summed E-state index contributed by atoms with van der Waals surface area (Å²) in [6, 6.07) is 23.1. The molecule has 0 saturated carbocycles. The van der Waals surface area contributed by atoms with Gasteiger partial charge >= 0.3 is 0 Å². The van der Waals surface area contributed by atoms with Crippen molar-refractivity contribution in [3.63, 3.8) is 0 Å². The number of benzene rings is 3. The maximum absolute atomic E-state index is 13.5. The number of amides is 3. The van der Waals surface area contributed by atoms with Gasteiger partial charge in [-0.1, -0.05) is 86.1 Å². The van der Waals surface area contributed by atoms with Gasteiger partial charge in [-0.2, -0.15) is 0 Å². The molecular formula is C28H27ClN2O3.